The van der Waals surface area contributed by atoms with Crippen LogP contribution in [0.15, 0.2) is 30.3 Å². The zero-order valence-corrected chi connectivity index (χ0v) is 18.0. The van der Waals surface area contributed by atoms with Gasteiger partial charge in [-0.3, -0.25) is 4.79 Å². The minimum Gasteiger partial charge on any atom is -0.497 e. The number of carbonyl (C=O) groups excluding carboxylic acids is 2. The molecule has 0 unspecified atom stereocenters. The largest absolute Gasteiger partial charge is 0.513 e. The zero-order valence-electron chi connectivity index (χ0n) is 17.2. The summed E-state index contributed by atoms with van der Waals surface area (Å²) in [6, 6.07) is 8.12. The topological polar surface area (TPSA) is 91.1 Å². The number of hydrogen-bond acceptors (Lipinski definition) is 6. The number of halogens is 1. The number of benzene rings is 2. The Hall–Kier alpha value is -2.77. The number of anilines is 1. The zero-order chi connectivity index (χ0) is 21.8. The second-order valence-electron chi connectivity index (χ2n) is 7.16. The predicted molar refractivity (Wildman–Crippen MR) is 115 cm³/mol. The summed E-state index contributed by atoms with van der Waals surface area (Å²) in [5, 5.41) is 0.376. The molecule has 2 N–H and O–H groups in total. The number of ether oxygens (including phenoxy) is 3. The normalized spacial score (nSPS) is 14.0. The van der Waals surface area contributed by atoms with E-state index >= 15 is 0 Å². The molecule has 1 amide bonds. The fourth-order valence-electron chi connectivity index (χ4n) is 3.63. The Bertz CT molecular complexity index is 940. The molecule has 0 spiro atoms. The lowest BCUT2D eigenvalue weighted by Crippen LogP contribution is -2.47. The molecule has 2 aromatic carbocycles. The summed E-state index contributed by atoms with van der Waals surface area (Å²) in [5.41, 5.74) is 9.74. The third kappa shape index (κ3) is 4.68. The van der Waals surface area contributed by atoms with Gasteiger partial charge in [-0.1, -0.05) is 11.6 Å². The number of aryl methyl sites for hydroxylation is 2. The molecule has 2 aromatic rings. The van der Waals surface area contributed by atoms with Gasteiger partial charge < -0.3 is 24.8 Å². The molecular formula is C22H25ClN2O5. The van der Waals surface area contributed by atoms with E-state index in [1.807, 2.05) is 25.1 Å². The first-order valence-electron chi connectivity index (χ1n) is 9.62. The van der Waals surface area contributed by atoms with Crippen LogP contribution in [0.4, 0.5) is 10.5 Å². The Balaban J connectivity index is 1.78. The van der Waals surface area contributed by atoms with Gasteiger partial charge in [0.15, 0.2) is 0 Å². The number of methoxy groups -OCH3 is 2. The Morgan fingerprint density at radius 3 is 2.63 bits per heavy atom. The van der Waals surface area contributed by atoms with E-state index < -0.39 is 12.2 Å². The number of amides is 1. The van der Waals surface area contributed by atoms with Crippen molar-refractivity contribution in [1.29, 1.82) is 0 Å². The lowest BCUT2D eigenvalue weighted by Gasteiger charge is -2.32. The van der Waals surface area contributed by atoms with Crippen molar-refractivity contribution in [3.63, 3.8) is 0 Å². The molecule has 1 heterocycles. The van der Waals surface area contributed by atoms with Crippen LogP contribution < -0.4 is 20.1 Å². The van der Waals surface area contributed by atoms with Crippen molar-refractivity contribution < 1.29 is 23.8 Å². The van der Waals surface area contributed by atoms with Gasteiger partial charge in [-0.05, 0) is 73.2 Å². The van der Waals surface area contributed by atoms with Crippen LogP contribution in [-0.4, -0.2) is 38.9 Å². The highest BCUT2D eigenvalue weighted by Gasteiger charge is 2.28. The van der Waals surface area contributed by atoms with Crippen molar-refractivity contribution in [1.82, 2.24) is 0 Å². The van der Waals surface area contributed by atoms with Crippen LogP contribution >= 0.6 is 11.6 Å². The fourth-order valence-corrected chi connectivity index (χ4v) is 3.97. The quantitative estimate of drug-likeness (QED) is 0.572. The minimum absolute atomic E-state index is 0.161. The van der Waals surface area contributed by atoms with Crippen LogP contribution in [0, 0.1) is 6.92 Å². The van der Waals surface area contributed by atoms with Crippen LogP contribution in [0.2, 0.25) is 5.02 Å². The molecule has 0 saturated heterocycles. The molecule has 160 valence electrons. The Morgan fingerprint density at radius 2 is 1.97 bits per heavy atom. The minimum atomic E-state index is -0.828. The first-order valence-corrected chi connectivity index (χ1v) is 10.0. The van der Waals surface area contributed by atoms with Crippen molar-refractivity contribution in [3.05, 3.63) is 52.0 Å². The molecule has 0 aromatic heterocycles. The SMILES string of the molecule is COC(=O)Oc1cc(C)c(C[C@H](N)C(=O)N2CCCc3cc(OC)ccc32)c(Cl)c1. The van der Waals surface area contributed by atoms with Crippen molar-refractivity contribution in [2.24, 2.45) is 5.73 Å². The number of nitrogens with two attached hydrogens (primary N) is 1. The number of hydrogen-bond donors (Lipinski definition) is 1. The first-order chi connectivity index (χ1) is 14.3. The first kappa shape index (κ1) is 21.9. The van der Waals surface area contributed by atoms with E-state index in [0.717, 1.165) is 41.0 Å². The lowest BCUT2D eigenvalue weighted by atomic mass is 9.97. The Labute approximate surface area is 180 Å². The van der Waals surface area contributed by atoms with Crippen molar-refractivity contribution >= 4 is 29.4 Å². The molecule has 0 saturated carbocycles. The average Bonchev–Trinajstić information content (AvgIpc) is 2.74. The molecule has 0 fully saturated rings. The molecule has 1 atom stereocenters. The molecule has 3 rings (SSSR count). The fraction of sp³-hybridized carbons (Fsp3) is 0.364. The van der Waals surface area contributed by atoms with Gasteiger partial charge >= 0.3 is 6.16 Å². The molecule has 1 aliphatic heterocycles. The molecule has 8 heteroatoms. The van der Waals surface area contributed by atoms with Gasteiger partial charge in [0.2, 0.25) is 5.91 Å². The average molecular weight is 433 g/mol. The van der Waals surface area contributed by atoms with E-state index in [9.17, 15) is 9.59 Å². The van der Waals surface area contributed by atoms with E-state index in [0.29, 0.717) is 11.6 Å². The third-order valence-corrected chi connectivity index (χ3v) is 5.51. The van der Waals surface area contributed by atoms with Crippen LogP contribution in [0.1, 0.15) is 23.1 Å². The van der Waals surface area contributed by atoms with Crippen LogP contribution in [0.25, 0.3) is 0 Å². The van der Waals surface area contributed by atoms with E-state index in [4.69, 9.17) is 26.8 Å². The number of carbonyl (C=O) groups is 2. The summed E-state index contributed by atoms with van der Waals surface area (Å²) in [5.74, 6) is 0.877. The molecular weight excluding hydrogens is 408 g/mol. The summed E-state index contributed by atoms with van der Waals surface area (Å²) < 4.78 is 14.8. The number of fused-ring (bicyclic) bond motifs is 1. The maximum absolute atomic E-state index is 13.1. The van der Waals surface area contributed by atoms with E-state index in [1.54, 1.807) is 18.1 Å². The van der Waals surface area contributed by atoms with E-state index in [2.05, 4.69) is 4.74 Å². The Morgan fingerprint density at radius 1 is 1.20 bits per heavy atom. The van der Waals surface area contributed by atoms with Gasteiger partial charge in [0.05, 0.1) is 20.3 Å². The molecule has 0 aliphatic carbocycles. The second kappa shape index (κ2) is 9.36. The van der Waals surface area contributed by atoms with Crippen molar-refractivity contribution in [2.75, 3.05) is 25.7 Å². The highest BCUT2D eigenvalue weighted by molar-refractivity contribution is 6.31. The van der Waals surface area contributed by atoms with Gasteiger partial charge in [-0.25, -0.2) is 4.79 Å². The molecule has 1 aliphatic rings. The molecule has 30 heavy (non-hydrogen) atoms. The second-order valence-corrected chi connectivity index (χ2v) is 7.56. The summed E-state index contributed by atoms with van der Waals surface area (Å²) in [6.45, 7) is 2.44. The molecule has 0 bridgehead atoms. The van der Waals surface area contributed by atoms with Crippen LogP contribution in [0.5, 0.6) is 11.5 Å². The summed E-state index contributed by atoms with van der Waals surface area (Å²) in [4.78, 5) is 26.2. The van der Waals surface area contributed by atoms with Crippen molar-refractivity contribution in [2.45, 2.75) is 32.2 Å². The predicted octanol–water partition coefficient (Wildman–Crippen LogP) is 3.65. The van der Waals surface area contributed by atoms with E-state index in [-0.39, 0.29) is 18.1 Å². The number of nitrogens with zero attached hydrogens (tertiary/aromatic N) is 1. The molecule has 7 nitrogen and oxygen atoms in total. The monoisotopic (exact) mass is 432 g/mol. The van der Waals surface area contributed by atoms with E-state index in [1.165, 1.54) is 13.2 Å². The summed E-state index contributed by atoms with van der Waals surface area (Å²) >= 11 is 6.38. The lowest BCUT2D eigenvalue weighted by molar-refractivity contribution is -0.119. The van der Waals surface area contributed by atoms with Gasteiger partial charge in [-0.2, -0.15) is 0 Å². The molecule has 0 radical (unpaired) electrons. The van der Waals surface area contributed by atoms with Gasteiger partial charge in [0, 0.05) is 17.3 Å². The van der Waals surface area contributed by atoms with Crippen LogP contribution in [-0.2, 0) is 22.4 Å². The van der Waals surface area contributed by atoms with Crippen molar-refractivity contribution in [3.8, 4) is 11.5 Å². The maximum Gasteiger partial charge on any atom is 0.513 e. The standard InChI is InChI=1S/C22H25ClN2O5/c1-13-9-16(30-22(27)29-3)11-18(23)17(13)12-19(24)21(26)25-8-4-5-14-10-15(28-2)6-7-20(14)25/h6-7,9-11,19H,4-5,8,12,24H2,1-3H3/t19-/m0/s1. The highest BCUT2D eigenvalue weighted by Crippen LogP contribution is 2.32. The summed E-state index contributed by atoms with van der Waals surface area (Å²) in [7, 11) is 2.85. The van der Waals surface area contributed by atoms with Gasteiger partial charge in [0.1, 0.15) is 11.5 Å². The van der Waals surface area contributed by atoms with Crippen LogP contribution in [0.3, 0.4) is 0 Å². The number of rotatable bonds is 5. The Kier molecular flexibility index (Phi) is 6.84. The summed E-state index contributed by atoms with van der Waals surface area (Å²) in [6.07, 6.45) is 1.19. The maximum atomic E-state index is 13.1. The smallest absolute Gasteiger partial charge is 0.497 e. The highest BCUT2D eigenvalue weighted by atomic mass is 35.5. The van der Waals surface area contributed by atoms with Gasteiger partial charge in [-0.15, -0.1) is 0 Å². The van der Waals surface area contributed by atoms with Gasteiger partial charge in [0.25, 0.3) is 0 Å². The third-order valence-electron chi connectivity index (χ3n) is 5.17.